The number of benzene rings is 1. The third-order valence-corrected chi connectivity index (χ3v) is 2.55. The number of hydrogen-bond acceptors (Lipinski definition) is 4. The molecule has 0 aliphatic rings. The Morgan fingerprint density at radius 3 is 2.69 bits per heavy atom. The maximum atomic E-state index is 11.4. The summed E-state index contributed by atoms with van der Waals surface area (Å²) in [6.07, 6.45) is 1.36. The predicted molar refractivity (Wildman–Crippen MR) is 53.4 cm³/mol. The van der Waals surface area contributed by atoms with Gasteiger partial charge in [-0.15, -0.1) is 0 Å². The van der Waals surface area contributed by atoms with E-state index < -0.39 is 13.7 Å². The maximum absolute atomic E-state index is 11.4. The summed E-state index contributed by atoms with van der Waals surface area (Å²) in [5, 5.41) is 1.96. The number of aromatic nitrogens is 1. The van der Waals surface area contributed by atoms with Crippen molar-refractivity contribution in [2.75, 3.05) is 0 Å². The van der Waals surface area contributed by atoms with Gasteiger partial charge in [0.05, 0.1) is 5.56 Å². The number of para-hydroxylation sites is 1. The number of aromatic amines is 1. The van der Waals surface area contributed by atoms with Crippen LogP contribution in [-0.4, -0.2) is 10.9 Å². The normalized spacial score (nSPS) is 11.6. The molecule has 0 fully saturated rings. The van der Waals surface area contributed by atoms with Crippen LogP contribution in [0.25, 0.3) is 10.9 Å². The fourth-order valence-electron chi connectivity index (χ4n) is 1.44. The summed E-state index contributed by atoms with van der Waals surface area (Å²) in [5.41, 5.74) is 0.821. The minimum absolute atomic E-state index is 0.127. The van der Waals surface area contributed by atoms with Crippen LogP contribution in [0.3, 0.4) is 0 Å². The Morgan fingerprint density at radius 2 is 2.00 bits per heavy atom. The second-order valence-electron chi connectivity index (χ2n) is 3.19. The molecule has 0 atom stereocenters. The van der Waals surface area contributed by atoms with Crippen LogP contribution in [0.4, 0.5) is 0 Å². The number of nitrogens with one attached hydrogen (secondary N) is 2. The minimum atomic E-state index is -5.05. The number of fused-ring (bicyclic) bond motifs is 1. The molecule has 0 saturated carbocycles. The van der Waals surface area contributed by atoms with Crippen LogP contribution in [0, 0.1) is 0 Å². The van der Waals surface area contributed by atoms with E-state index in [1.807, 2.05) is 0 Å². The van der Waals surface area contributed by atoms with Crippen molar-refractivity contribution < 1.29 is 19.1 Å². The van der Waals surface area contributed by atoms with Crippen molar-refractivity contribution in [3.63, 3.8) is 0 Å². The van der Waals surface area contributed by atoms with E-state index in [0.717, 1.165) is 0 Å². The van der Waals surface area contributed by atoms with Gasteiger partial charge in [0, 0.05) is 24.8 Å². The zero-order chi connectivity index (χ0) is 11.8. The van der Waals surface area contributed by atoms with Crippen molar-refractivity contribution in [3.8, 4) is 0 Å². The zero-order valence-corrected chi connectivity index (χ0v) is 8.86. The number of amides is 1. The summed E-state index contributed by atoms with van der Waals surface area (Å²) in [5.74, 6) is -0.925. The Bertz CT molecular complexity index is 586. The summed E-state index contributed by atoms with van der Waals surface area (Å²) in [4.78, 5) is 35.0. The molecule has 0 spiro atoms. The second kappa shape index (κ2) is 3.75. The first-order valence-corrected chi connectivity index (χ1v) is 5.92. The molecule has 16 heavy (non-hydrogen) atoms. The van der Waals surface area contributed by atoms with Gasteiger partial charge in [-0.25, -0.2) is 0 Å². The van der Waals surface area contributed by atoms with Crippen molar-refractivity contribution in [3.05, 3.63) is 36.0 Å². The van der Waals surface area contributed by atoms with E-state index in [0.29, 0.717) is 10.9 Å². The molecule has 1 amide bonds. The Morgan fingerprint density at radius 1 is 1.31 bits per heavy atom. The Hall–Kier alpha value is -1.62. The number of carbonyl (C=O) groups excluding carboxylic acids is 1. The molecule has 0 unspecified atom stereocenters. The molecule has 0 radical (unpaired) electrons. The molecule has 84 valence electrons. The SMILES string of the molecule is O=C(NP(=O)([O-])[O-])c1c[nH]c2ccccc12. The zero-order valence-electron chi connectivity index (χ0n) is 7.97. The third-order valence-electron chi connectivity index (χ3n) is 2.07. The lowest BCUT2D eigenvalue weighted by Gasteiger charge is -2.29. The van der Waals surface area contributed by atoms with Gasteiger partial charge in [-0.2, -0.15) is 0 Å². The Kier molecular flexibility index (Phi) is 2.55. The highest BCUT2D eigenvalue weighted by molar-refractivity contribution is 7.47. The van der Waals surface area contributed by atoms with Crippen LogP contribution in [0.5, 0.6) is 0 Å². The van der Waals surface area contributed by atoms with Crippen LogP contribution in [-0.2, 0) is 4.57 Å². The first kappa shape index (κ1) is 10.9. The summed E-state index contributed by atoms with van der Waals surface area (Å²) < 4.78 is 10.4. The molecule has 1 heterocycles. The molecule has 2 rings (SSSR count). The highest BCUT2D eigenvalue weighted by atomic mass is 31.2. The fourth-order valence-corrected chi connectivity index (χ4v) is 1.81. The number of rotatable bonds is 2. The van der Waals surface area contributed by atoms with Crippen molar-refractivity contribution in [2.45, 2.75) is 0 Å². The van der Waals surface area contributed by atoms with E-state index in [4.69, 9.17) is 0 Å². The van der Waals surface area contributed by atoms with Gasteiger partial charge in [0.2, 0.25) is 0 Å². The lowest BCUT2D eigenvalue weighted by Crippen LogP contribution is -2.32. The van der Waals surface area contributed by atoms with Crippen LogP contribution in [0.2, 0.25) is 0 Å². The number of hydrogen-bond donors (Lipinski definition) is 2. The summed E-state index contributed by atoms with van der Waals surface area (Å²) in [6.45, 7) is 0. The lowest BCUT2D eigenvalue weighted by molar-refractivity contribution is -0.316. The largest absolute Gasteiger partial charge is 0.795 e. The van der Waals surface area contributed by atoms with Crippen molar-refractivity contribution in [1.29, 1.82) is 0 Å². The highest BCUT2D eigenvalue weighted by Gasteiger charge is 2.11. The van der Waals surface area contributed by atoms with Gasteiger partial charge >= 0.3 is 0 Å². The second-order valence-corrected chi connectivity index (χ2v) is 4.40. The molecule has 7 heteroatoms. The summed E-state index contributed by atoms with van der Waals surface area (Å²) in [6, 6.07) is 6.87. The molecular formula is C9H7N2O4P-2. The maximum Gasteiger partial charge on any atom is 0.257 e. The van der Waals surface area contributed by atoms with Gasteiger partial charge in [0.15, 0.2) is 0 Å². The standard InChI is InChI=1S/C9H9N2O4P/c12-9(11-16(13,14)15)7-5-10-8-4-2-1-3-6(7)8/h1-5,10H,(H3,11,12,13,14,15)/p-2. The van der Waals surface area contributed by atoms with E-state index in [9.17, 15) is 19.1 Å². The highest BCUT2D eigenvalue weighted by Crippen LogP contribution is 2.21. The molecule has 6 nitrogen and oxygen atoms in total. The van der Waals surface area contributed by atoms with E-state index in [1.165, 1.54) is 11.3 Å². The van der Waals surface area contributed by atoms with Gasteiger partial charge in [-0.05, 0) is 6.07 Å². The van der Waals surface area contributed by atoms with E-state index in [2.05, 4.69) is 4.98 Å². The summed E-state index contributed by atoms with van der Waals surface area (Å²) in [7, 11) is -5.05. The molecule has 0 aliphatic carbocycles. The first-order valence-electron chi connectivity index (χ1n) is 4.38. The van der Waals surface area contributed by atoms with Crippen molar-refractivity contribution in [1.82, 2.24) is 10.1 Å². The van der Waals surface area contributed by atoms with E-state index in [1.54, 1.807) is 24.3 Å². The summed E-state index contributed by atoms with van der Waals surface area (Å²) >= 11 is 0. The topological polar surface area (TPSA) is 108 Å². The number of H-pyrrole nitrogens is 1. The van der Waals surface area contributed by atoms with Crippen LogP contribution in [0.15, 0.2) is 30.5 Å². The fraction of sp³-hybridized carbons (Fsp3) is 0. The van der Waals surface area contributed by atoms with E-state index >= 15 is 0 Å². The molecule has 1 aromatic heterocycles. The van der Waals surface area contributed by atoms with Crippen molar-refractivity contribution in [2.24, 2.45) is 0 Å². The van der Waals surface area contributed by atoms with Crippen LogP contribution < -0.4 is 14.9 Å². The molecule has 0 saturated heterocycles. The minimum Gasteiger partial charge on any atom is -0.795 e. The molecule has 0 bridgehead atoms. The predicted octanol–water partition coefficient (Wildman–Crippen LogP) is -0.274. The van der Waals surface area contributed by atoms with Gasteiger partial charge in [0.25, 0.3) is 5.91 Å². The Labute approximate surface area is 90.5 Å². The Balaban J connectivity index is 2.41. The van der Waals surface area contributed by atoms with Gasteiger partial charge in [-0.3, -0.25) is 4.79 Å². The van der Waals surface area contributed by atoms with Crippen LogP contribution >= 0.6 is 7.75 Å². The molecule has 0 aliphatic heterocycles. The molecule has 2 aromatic rings. The van der Waals surface area contributed by atoms with Gasteiger partial charge in [-0.1, -0.05) is 18.2 Å². The first-order chi connectivity index (χ1) is 7.47. The van der Waals surface area contributed by atoms with Gasteiger partial charge in [0.1, 0.15) is 0 Å². The smallest absolute Gasteiger partial charge is 0.257 e. The average molecular weight is 238 g/mol. The molecule has 2 N–H and O–H groups in total. The average Bonchev–Trinajstić information content (AvgIpc) is 2.58. The quantitative estimate of drug-likeness (QED) is 0.701. The molecule has 1 aromatic carbocycles. The lowest BCUT2D eigenvalue weighted by atomic mass is 10.2. The van der Waals surface area contributed by atoms with Crippen molar-refractivity contribution >= 4 is 24.6 Å². The van der Waals surface area contributed by atoms with Crippen LogP contribution in [0.1, 0.15) is 10.4 Å². The third kappa shape index (κ3) is 2.14. The van der Waals surface area contributed by atoms with Gasteiger partial charge < -0.3 is 24.4 Å². The number of carbonyl (C=O) groups is 1. The molecular weight excluding hydrogens is 231 g/mol. The monoisotopic (exact) mass is 238 g/mol. The van der Waals surface area contributed by atoms with E-state index in [-0.39, 0.29) is 5.56 Å².